The summed E-state index contributed by atoms with van der Waals surface area (Å²) in [7, 11) is 0. The number of rotatable bonds is 7. The summed E-state index contributed by atoms with van der Waals surface area (Å²) >= 11 is 0. The smallest absolute Gasteiger partial charge is 0.319 e. The molecule has 0 saturated heterocycles. The maximum absolute atomic E-state index is 11.6. The largest absolute Gasteiger partial charge is 0.481 e. The zero-order valence-corrected chi connectivity index (χ0v) is 12.0. The van der Waals surface area contributed by atoms with Gasteiger partial charge >= 0.3 is 12.0 Å². The van der Waals surface area contributed by atoms with Crippen molar-refractivity contribution in [3.8, 4) is 0 Å². The van der Waals surface area contributed by atoms with Crippen molar-refractivity contribution in [3.63, 3.8) is 0 Å². The van der Waals surface area contributed by atoms with Crippen LogP contribution in [0, 0.1) is 5.92 Å². The van der Waals surface area contributed by atoms with Gasteiger partial charge in [-0.2, -0.15) is 0 Å². The molecule has 0 aliphatic carbocycles. The second kappa shape index (κ2) is 8.19. The summed E-state index contributed by atoms with van der Waals surface area (Å²) in [5.74, 6) is -1.30. The molecule has 0 aliphatic heterocycles. The van der Waals surface area contributed by atoms with Crippen LogP contribution in [0.15, 0.2) is 24.3 Å². The van der Waals surface area contributed by atoms with Crippen molar-refractivity contribution in [2.24, 2.45) is 5.92 Å². The minimum atomic E-state index is -0.848. The van der Waals surface area contributed by atoms with E-state index in [1.54, 1.807) is 6.92 Å². The molecule has 1 unspecified atom stereocenters. The molecule has 0 bridgehead atoms. The molecular formula is C15H22N2O3. The molecule has 110 valence electrons. The van der Waals surface area contributed by atoms with Gasteiger partial charge in [0.2, 0.25) is 0 Å². The summed E-state index contributed by atoms with van der Waals surface area (Å²) in [4.78, 5) is 22.2. The molecule has 0 aromatic heterocycles. The molecule has 0 radical (unpaired) electrons. The summed E-state index contributed by atoms with van der Waals surface area (Å²) in [6.45, 7) is 4.08. The summed E-state index contributed by atoms with van der Waals surface area (Å²) < 4.78 is 0. The topological polar surface area (TPSA) is 78.4 Å². The van der Waals surface area contributed by atoms with Gasteiger partial charge < -0.3 is 15.7 Å². The van der Waals surface area contributed by atoms with Gasteiger partial charge in [-0.3, -0.25) is 4.79 Å². The average molecular weight is 278 g/mol. The Bertz CT molecular complexity index is 443. The lowest BCUT2D eigenvalue weighted by Gasteiger charge is -2.09. The van der Waals surface area contributed by atoms with Crippen LogP contribution in [-0.4, -0.2) is 23.7 Å². The first-order valence-electron chi connectivity index (χ1n) is 6.89. The van der Waals surface area contributed by atoms with E-state index in [9.17, 15) is 9.59 Å². The molecule has 0 fully saturated rings. The van der Waals surface area contributed by atoms with E-state index < -0.39 is 11.9 Å². The molecule has 5 heteroatoms. The van der Waals surface area contributed by atoms with Gasteiger partial charge in [0.15, 0.2) is 0 Å². The van der Waals surface area contributed by atoms with Gasteiger partial charge in [0.25, 0.3) is 0 Å². The van der Waals surface area contributed by atoms with Crippen LogP contribution in [0.2, 0.25) is 0 Å². The minimum absolute atomic E-state index is 0.314. The maximum atomic E-state index is 11.6. The molecule has 1 rings (SSSR count). The van der Waals surface area contributed by atoms with Gasteiger partial charge in [-0.05, 0) is 30.5 Å². The summed E-state index contributed by atoms with van der Waals surface area (Å²) in [6, 6.07) is 7.40. The van der Waals surface area contributed by atoms with Crippen molar-refractivity contribution < 1.29 is 14.7 Å². The standard InChI is InChI=1S/C15H22N2O3/c1-3-4-12-5-7-13(8-6-12)17-15(20)16-10-9-11(2)14(18)19/h5-8,11H,3-4,9-10H2,1-2H3,(H,18,19)(H2,16,17,20). The van der Waals surface area contributed by atoms with Crippen molar-refractivity contribution in [1.29, 1.82) is 0 Å². The van der Waals surface area contributed by atoms with Crippen LogP contribution in [0.4, 0.5) is 10.5 Å². The van der Waals surface area contributed by atoms with Crippen LogP contribution >= 0.6 is 0 Å². The highest BCUT2D eigenvalue weighted by atomic mass is 16.4. The Morgan fingerprint density at radius 2 is 1.90 bits per heavy atom. The number of hydrogen-bond donors (Lipinski definition) is 3. The average Bonchev–Trinajstić information content (AvgIpc) is 2.41. The molecule has 0 saturated carbocycles. The quantitative estimate of drug-likeness (QED) is 0.717. The lowest BCUT2D eigenvalue weighted by Crippen LogP contribution is -2.31. The van der Waals surface area contributed by atoms with E-state index in [0.717, 1.165) is 18.5 Å². The second-order valence-corrected chi connectivity index (χ2v) is 4.86. The van der Waals surface area contributed by atoms with Gasteiger partial charge in [0.1, 0.15) is 0 Å². The van der Waals surface area contributed by atoms with Crippen molar-refractivity contribution >= 4 is 17.7 Å². The Balaban J connectivity index is 2.33. The number of carboxylic acid groups (broad SMARTS) is 1. The van der Waals surface area contributed by atoms with Crippen molar-refractivity contribution in [1.82, 2.24) is 5.32 Å². The number of benzene rings is 1. The number of aliphatic carboxylic acids is 1. The Labute approximate surface area is 119 Å². The Morgan fingerprint density at radius 1 is 1.25 bits per heavy atom. The fraction of sp³-hybridized carbons (Fsp3) is 0.467. The first kappa shape index (κ1) is 16.0. The Morgan fingerprint density at radius 3 is 2.45 bits per heavy atom. The zero-order valence-electron chi connectivity index (χ0n) is 12.0. The number of urea groups is 1. The lowest BCUT2D eigenvalue weighted by molar-refractivity contribution is -0.141. The van der Waals surface area contributed by atoms with Gasteiger partial charge in [-0.15, -0.1) is 0 Å². The number of carbonyl (C=O) groups is 2. The number of carboxylic acids is 1. The van der Waals surface area contributed by atoms with E-state index in [0.29, 0.717) is 13.0 Å². The molecular weight excluding hydrogens is 256 g/mol. The summed E-state index contributed by atoms with van der Waals surface area (Å²) in [5.41, 5.74) is 1.97. The van der Waals surface area contributed by atoms with E-state index in [4.69, 9.17) is 5.11 Å². The van der Waals surface area contributed by atoms with Gasteiger partial charge in [0, 0.05) is 12.2 Å². The third-order valence-electron chi connectivity index (χ3n) is 3.03. The van der Waals surface area contributed by atoms with E-state index in [2.05, 4.69) is 17.6 Å². The number of aryl methyl sites for hydroxylation is 1. The molecule has 2 amide bonds. The predicted octanol–water partition coefficient (Wildman–Crippen LogP) is 2.87. The van der Waals surface area contributed by atoms with Crippen molar-refractivity contribution in [3.05, 3.63) is 29.8 Å². The molecule has 1 aromatic rings. The van der Waals surface area contributed by atoms with Crippen LogP contribution < -0.4 is 10.6 Å². The van der Waals surface area contributed by atoms with E-state index >= 15 is 0 Å². The molecule has 0 aliphatic rings. The SMILES string of the molecule is CCCc1ccc(NC(=O)NCCC(C)C(=O)O)cc1. The highest BCUT2D eigenvalue weighted by molar-refractivity contribution is 5.89. The predicted molar refractivity (Wildman–Crippen MR) is 78.9 cm³/mol. The van der Waals surface area contributed by atoms with E-state index in [-0.39, 0.29) is 6.03 Å². The third kappa shape index (κ3) is 5.73. The Kier molecular flexibility index (Phi) is 6.56. The molecule has 3 N–H and O–H groups in total. The maximum Gasteiger partial charge on any atom is 0.319 e. The molecule has 0 spiro atoms. The summed E-state index contributed by atoms with van der Waals surface area (Å²) in [5, 5.41) is 14.1. The van der Waals surface area contributed by atoms with Gasteiger partial charge in [0.05, 0.1) is 5.92 Å². The van der Waals surface area contributed by atoms with Crippen molar-refractivity contribution in [2.45, 2.75) is 33.1 Å². The van der Waals surface area contributed by atoms with Gasteiger partial charge in [-0.25, -0.2) is 4.79 Å². The monoisotopic (exact) mass is 278 g/mol. The van der Waals surface area contributed by atoms with E-state index in [1.165, 1.54) is 5.56 Å². The fourth-order valence-corrected chi connectivity index (χ4v) is 1.74. The molecule has 1 aromatic carbocycles. The minimum Gasteiger partial charge on any atom is -0.481 e. The van der Waals surface area contributed by atoms with Crippen LogP contribution in [0.5, 0.6) is 0 Å². The van der Waals surface area contributed by atoms with Crippen LogP contribution in [0.25, 0.3) is 0 Å². The number of anilines is 1. The second-order valence-electron chi connectivity index (χ2n) is 4.86. The fourth-order valence-electron chi connectivity index (χ4n) is 1.74. The highest BCUT2D eigenvalue weighted by Gasteiger charge is 2.10. The molecule has 20 heavy (non-hydrogen) atoms. The third-order valence-corrected chi connectivity index (χ3v) is 3.03. The summed E-state index contributed by atoms with van der Waals surface area (Å²) in [6.07, 6.45) is 2.53. The normalized spacial score (nSPS) is 11.7. The van der Waals surface area contributed by atoms with Crippen LogP contribution in [0.1, 0.15) is 32.3 Å². The first-order valence-corrected chi connectivity index (χ1v) is 6.89. The number of hydrogen-bond acceptors (Lipinski definition) is 2. The van der Waals surface area contributed by atoms with E-state index in [1.807, 2.05) is 24.3 Å². The van der Waals surface area contributed by atoms with Crippen LogP contribution in [-0.2, 0) is 11.2 Å². The first-order chi connectivity index (χ1) is 9.52. The Hall–Kier alpha value is -2.04. The zero-order chi connectivity index (χ0) is 15.0. The molecule has 5 nitrogen and oxygen atoms in total. The number of nitrogens with one attached hydrogen (secondary N) is 2. The van der Waals surface area contributed by atoms with Crippen molar-refractivity contribution in [2.75, 3.05) is 11.9 Å². The van der Waals surface area contributed by atoms with Gasteiger partial charge in [-0.1, -0.05) is 32.4 Å². The molecule has 1 atom stereocenters. The molecule has 0 heterocycles. The number of carbonyl (C=O) groups excluding carboxylic acids is 1. The lowest BCUT2D eigenvalue weighted by atomic mass is 10.1. The highest BCUT2D eigenvalue weighted by Crippen LogP contribution is 2.10. The number of amides is 2. The van der Waals surface area contributed by atoms with Crippen LogP contribution in [0.3, 0.4) is 0 Å².